The average molecular weight is 120 g/mol. The molecule has 0 aliphatic rings. The third-order valence-electron chi connectivity index (χ3n) is 0.447. The van der Waals surface area contributed by atoms with Crippen molar-refractivity contribution in [2.75, 3.05) is 20.6 Å². The molecule has 0 aromatic carbocycles. The van der Waals surface area contributed by atoms with Gasteiger partial charge in [-0.2, -0.15) is 0 Å². The van der Waals surface area contributed by atoms with E-state index >= 15 is 0 Å². The van der Waals surface area contributed by atoms with E-state index in [9.17, 15) is 0 Å². The summed E-state index contributed by atoms with van der Waals surface area (Å²) in [6.07, 6.45) is 0. The summed E-state index contributed by atoms with van der Waals surface area (Å²) in [6.45, 7) is 4.50. The average Bonchev–Trinajstić information content (AvgIpc) is 1.38. The normalized spacial score (nSPS) is 8.00. The summed E-state index contributed by atoms with van der Waals surface area (Å²) in [6, 6.07) is 0. The van der Waals surface area contributed by atoms with Gasteiger partial charge in [-0.15, -0.1) is 6.54 Å². The van der Waals surface area contributed by atoms with Gasteiger partial charge in [0.05, 0.1) is 0 Å². The first-order valence-corrected chi connectivity index (χ1v) is 1.71. The molecule has 0 fully saturated rings. The summed E-state index contributed by atoms with van der Waals surface area (Å²) in [5, 5.41) is 0. The van der Waals surface area contributed by atoms with Gasteiger partial charge in [0.25, 0.3) is 0 Å². The molecular formula is C4H10NTi-. The SMILES string of the molecule is [CH2-]CN(C)C.[Ti]. The Morgan fingerprint density at radius 2 is 1.67 bits per heavy atom. The third kappa shape index (κ3) is 8.82. The molecule has 0 spiro atoms. The summed E-state index contributed by atoms with van der Waals surface area (Å²) in [7, 11) is 3.99. The van der Waals surface area contributed by atoms with Crippen molar-refractivity contribution in [3.63, 3.8) is 0 Å². The summed E-state index contributed by atoms with van der Waals surface area (Å²) in [4.78, 5) is 2.01. The molecule has 0 bridgehead atoms. The molecule has 0 N–H and O–H groups in total. The molecule has 0 aromatic rings. The fourth-order valence-electron chi connectivity index (χ4n) is 0. The maximum absolute atomic E-state index is 3.61. The van der Waals surface area contributed by atoms with E-state index in [0.29, 0.717) is 0 Å². The largest absolute Gasteiger partial charge is 0.339 e. The molecule has 0 rings (SSSR count). The van der Waals surface area contributed by atoms with E-state index in [0.717, 1.165) is 6.54 Å². The van der Waals surface area contributed by atoms with Gasteiger partial charge >= 0.3 is 0 Å². The molecule has 0 amide bonds. The molecule has 2 heteroatoms. The van der Waals surface area contributed by atoms with Crippen LogP contribution in [0, 0.1) is 6.92 Å². The molecule has 0 saturated carbocycles. The van der Waals surface area contributed by atoms with Gasteiger partial charge in [-0.25, -0.2) is 0 Å². The van der Waals surface area contributed by atoms with E-state index in [1.807, 2.05) is 19.0 Å². The molecule has 36 valence electrons. The second kappa shape index (κ2) is 5.67. The van der Waals surface area contributed by atoms with Gasteiger partial charge < -0.3 is 11.8 Å². The molecule has 0 aliphatic carbocycles. The van der Waals surface area contributed by atoms with Crippen LogP contribution in [0.3, 0.4) is 0 Å². The zero-order valence-electron chi connectivity index (χ0n) is 4.36. The Bertz CT molecular complexity index is 21.5. The van der Waals surface area contributed by atoms with Gasteiger partial charge in [-0.1, -0.05) is 0 Å². The first kappa shape index (κ1) is 9.84. The number of rotatable bonds is 1. The van der Waals surface area contributed by atoms with Crippen molar-refractivity contribution in [3.05, 3.63) is 6.92 Å². The molecule has 0 saturated heterocycles. The quantitative estimate of drug-likeness (QED) is 0.357. The molecule has 0 atom stereocenters. The van der Waals surface area contributed by atoms with E-state index in [1.54, 1.807) is 0 Å². The maximum atomic E-state index is 3.61. The van der Waals surface area contributed by atoms with Gasteiger partial charge in [-0.3, -0.25) is 0 Å². The van der Waals surface area contributed by atoms with Crippen molar-refractivity contribution in [3.8, 4) is 0 Å². The van der Waals surface area contributed by atoms with E-state index in [2.05, 4.69) is 6.92 Å². The van der Waals surface area contributed by atoms with Crippen LogP contribution in [0.1, 0.15) is 0 Å². The summed E-state index contributed by atoms with van der Waals surface area (Å²) in [5.41, 5.74) is 0. The maximum Gasteiger partial charge on any atom is 0 e. The van der Waals surface area contributed by atoms with E-state index < -0.39 is 0 Å². The summed E-state index contributed by atoms with van der Waals surface area (Å²) < 4.78 is 0. The van der Waals surface area contributed by atoms with Gasteiger partial charge in [0.2, 0.25) is 0 Å². The van der Waals surface area contributed by atoms with E-state index in [1.165, 1.54) is 0 Å². The standard InChI is InChI=1S/C4H10N.Ti/c1-4-5(2)3;/h1,4H2,2-3H3;/q-1;. The van der Waals surface area contributed by atoms with Crippen molar-refractivity contribution < 1.29 is 21.7 Å². The topological polar surface area (TPSA) is 3.24 Å². The zero-order valence-corrected chi connectivity index (χ0v) is 5.92. The second-order valence-electron chi connectivity index (χ2n) is 1.30. The molecule has 0 unspecified atom stereocenters. The first-order chi connectivity index (χ1) is 2.27. The van der Waals surface area contributed by atoms with Crippen LogP contribution in [0.25, 0.3) is 0 Å². The fourth-order valence-corrected chi connectivity index (χ4v) is 0. The van der Waals surface area contributed by atoms with Crippen molar-refractivity contribution in [2.45, 2.75) is 0 Å². The fraction of sp³-hybridized carbons (Fsp3) is 0.750. The van der Waals surface area contributed by atoms with Crippen molar-refractivity contribution in [1.82, 2.24) is 4.90 Å². The van der Waals surface area contributed by atoms with Gasteiger partial charge in [0.15, 0.2) is 0 Å². The summed E-state index contributed by atoms with van der Waals surface area (Å²) in [5.74, 6) is 0. The molecular weight excluding hydrogens is 110 g/mol. The van der Waals surface area contributed by atoms with Crippen LogP contribution in [0.4, 0.5) is 0 Å². The molecule has 6 heavy (non-hydrogen) atoms. The van der Waals surface area contributed by atoms with E-state index in [-0.39, 0.29) is 21.7 Å². The number of nitrogens with zero attached hydrogens (tertiary/aromatic N) is 1. The minimum Gasteiger partial charge on any atom is -0.339 e. The predicted molar refractivity (Wildman–Crippen MR) is 23.9 cm³/mol. The molecule has 0 aromatic heterocycles. The first-order valence-electron chi connectivity index (χ1n) is 1.71. The van der Waals surface area contributed by atoms with Crippen molar-refractivity contribution in [1.29, 1.82) is 0 Å². The molecule has 0 heterocycles. The Kier molecular flexibility index (Phi) is 9.30. The third-order valence-corrected chi connectivity index (χ3v) is 0.447. The van der Waals surface area contributed by atoms with E-state index in [4.69, 9.17) is 0 Å². The van der Waals surface area contributed by atoms with Crippen LogP contribution in [0.15, 0.2) is 0 Å². The minimum atomic E-state index is 0. The van der Waals surface area contributed by atoms with Gasteiger partial charge in [-0.05, 0) is 14.1 Å². The van der Waals surface area contributed by atoms with Crippen LogP contribution < -0.4 is 0 Å². The second-order valence-corrected chi connectivity index (χ2v) is 1.30. The molecule has 0 radical (unpaired) electrons. The molecule has 0 aliphatic heterocycles. The molecule has 1 nitrogen and oxygen atoms in total. The van der Waals surface area contributed by atoms with Crippen LogP contribution in [-0.2, 0) is 21.7 Å². The van der Waals surface area contributed by atoms with Crippen LogP contribution >= 0.6 is 0 Å². The number of hydrogen-bond acceptors (Lipinski definition) is 1. The van der Waals surface area contributed by atoms with Gasteiger partial charge in [0, 0.05) is 21.7 Å². The Hall–Kier alpha value is 0.674. The minimum absolute atomic E-state index is 0. The monoisotopic (exact) mass is 120 g/mol. The Morgan fingerprint density at radius 1 is 1.50 bits per heavy atom. The predicted octanol–water partition coefficient (Wildman–Crippen LogP) is 0.380. The van der Waals surface area contributed by atoms with Crippen LogP contribution in [0.5, 0.6) is 0 Å². The van der Waals surface area contributed by atoms with Crippen LogP contribution in [0.2, 0.25) is 0 Å². The number of hydrogen-bond donors (Lipinski definition) is 0. The summed E-state index contributed by atoms with van der Waals surface area (Å²) >= 11 is 0. The smallest absolute Gasteiger partial charge is 0 e. The zero-order chi connectivity index (χ0) is 4.28. The van der Waals surface area contributed by atoms with Crippen molar-refractivity contribution >= 4 is 0 Å². The van der Waals surface area contributed by atoms with Crippen LogP contribution in [-0.4, -0.2) is 25.5 Å². The Balaban J connectivity index is 0. The Morgan fingerprint density at radius 3 is 1.67 bits per heavy atom. The van der Waals surface area contributed by atoms with Gasteiger partial charge in [0.1, 0.15) is 0 Å². The Labute approximate surface area is 54.6 Å². The van der Waals surface area contributed by atoms with Crippen molar-refractivity contribution in [2.24, 2.45) is 0 Å².